The van der Waals surface area contributed by atoms with E-state index < -0.39 is 0 Å². The summed E-state index contributed by atoms with van der Waals surface area (Å²) < 4.78 is 0. The number of unbranched alkanes of at least 4 members (excludes halogenated alkanes) is 1. The molecule has 3 atom stereocenters. The normalized spacial score (nSPS) is 26.3. The molecular weight excluding hydrogens is 334 g/mol. The maximum atomic E-state index is 13.4. The first-order valence-corrected chi connectivity index (χ1v) is 10.6. The van der Waals surface area contributed by atoms with Crippen LogP contribution in [0.1, 0.15) is 57.1 Å². The molecular formula is C23H33N3O. The van der Waals surface area contributed by atoms with Gasteiger partial charge in [-0.2, -0.15) is 0 Å². The Bertz CT molecular complexity index is 754. The number of carbonyl (C=O) groups excluding carboxylic acids is 1. The molecule has 146 valence electrons. The van der Waals surface area contributed by atoms with E-state index in [4.69, 9.17) is 0 Å². The van der Waals surface area contributed by atoms with Crippen molar-refractivity contribution in [2.24, 2.45) is 5.92 Å². The molecule has 4 rings (SSSR count). The van der Waals surface area contributed by atoms with Crippen LogP contribution in [0.2, 0.25) is 0 Å². The van der Waals surface area contributed by atoms with Gasteiger partial charge in [0.05, 0.1) is 5.92 Å². The van der Waals surface area contributed by atoms with Crippen LogP contribution in [0.5, 0.6) is 0 Å². The van der Waals surface area contributed by atoms with Crippen molar-refractivity contribution >= 4 is 17.2 Å². The van der Waals surface area contributed by atoms with E-state index in [0.29, 0.717) is 17.9 Å². The van der Waals surface area contributed by atoms with E-state index in [-0.39, 0.29) is 12.0 Å². The van der Waals surface area contributed by atoms with Crippen molar-refractivity contribution in [1.82, 2.24) is 9.80 Å². The van der Waals surface area contributed by atoms with E-state index in [1.165, 1.54) is 22.4 Å². The lowest BCUT2D eigenvalue weighted by atomic mass is 9.74. The molecule has 1 aromatic rings. The van der Waals surface area contributed by atoms with Crippen molar-refractivity contribution in [2.75, 3.05) is 32.0 Å². The highest BCUT2D eigenvalue weighted by Gasteiger charge is 2.41. The smallest absolute Gasteiger partial charge is 0.231 e. The van der Waals surface area contributed by atoms with E-state index in [1.807, 2.05) is 0 Å². The second-order valence-corrected chi connectivity index (χ2v) is 8.74. The molecule has 4 nitrogen and oxygen atoms in total. The van der Waals surface area contributed by atoms with Crippen LogP contribution < -0.4 is 5.32 Å². The molecule has 1 N–H and O–H groups in total. The van der Waals surface area contributed by atoms with Gasteiger partial charge in [0.1, 0.15) is 0 Å². The van der Waals surface area contributed by atoms with E-state index in [0.717, 1.165) is 38.9 Å². The van der Waals surface area contributed by atoms with Gasteiger partial charge in [-0.05, 0) is 56.5 Å². The fourth-order valence-corrected chi connectivity index (χ4v) is 5.16. The van der Waals surface area contributed by atoms with Crippen molar-refractivity contribution < 1.29 is 4.79 Å². The summed E-state index contributed by atoms with van der Waals surface area (Å²) in [5, 5.41) is 3.58. The van der Waals surface area contributed by atoms with Crippen molar-refractivity contribution in [3.63, 3.8) is 0 Å². The molecule has 0 aromatic heterocycles. The Hall–Kier alpha value is -1.81. The average molecular weight is 368 g/mol. The zero-order chi connectivity index (χ0) is 19.1. The molecule has 2 heterocycles. The number of hydrogen-bond donors (Lipinski definition) is 1. The molecule has 0 radical (unpaired) electrons. The summed E-state index contributed by atoms with van der Waals surface area (Å²) in [5.41, 5.74) is 5.51. The van der Waals surface area contributed by atoms with Crippen LogP contribution in [-0.2, 0) is 4.79 Å². The Morgan fingerprint density at radius 1 is 1.37 bits per heavy atom. The minimum Gasteiger partial charge on any atom is -0.384 e. The highest BCUT2D eigenvalue weighted by atomic mass is 16.2. The summed E-state index contributed by atoms with van der Waals surface area (Å²) in [6, 6.07) is 7.30. The van der Waals surface area contributed by atoms with Gasteiger partial charge in [0, 0.05) is 43.3 Å². The average Bonchev–Trinajstić information content (AvgIpc) is 3.07. The molecule has 1 aliphatic carbocycles. The number of fused-ring (bicyclic) bond motifs is 2. The molecule has 1 amide bonds. The van der Waals surface area contributed by atoms with Gasteiger partial charge < -0.3 is 10.2 Å². The second kappa shape index (κ2) is 7.31. The number of carbonyl (C=O) groups is 1. The van der Waals surface area contributed by atoms with Gasteiger partial charge in [-0.15, -0.1) is 0 Å². The lowest BCUT2D eigenvalue weighted by Crippen LogP contribution is -2.49. The molecule has 4 heteroatoms. The number of hydrogen-bond acceptors (Lipinski definition) is 3. The first-order valence-electron chi connectivity index (χ1n) is 10.6. The molecule has 27 heavy (non-hydrogen) atoms. The molecule has 3 aliphatic rings. The van der Waals surface area contributed by atoms with Crippen LogP contribution in [0.4, 0.5) is 5.69 Å². The van der Waals surface area contributed by atoms with Crippen molar-refractivity contribution in [2.45, 2.75) is 58.0 Å². The standard InChI is InChI=1S/C23H33N3O/c1-5-6-10-26(15(2)3)23(27)17-11-19-18-8-7-9-20-22(18)16(13-24-20)12-21(19)25(4)14-17/h7-9,11,15-17,21,24H,5-6,10,12-14H2,1-4H3. The maximum Gasteiger partial charge on any atom is 0.231 e. The van der Waals surface area contributed by atoms with Crippen molar-refractivity contribution in [3.8, 4) is 0 Å². The first-order chi connectivity index (χ1) is 13.0. The Balaban J connectivity index is 1.68. The topological polar surface area (TPSA) is 35.6 Å². The maximum absolute atomic E-state index is 13.4. The van der Waals surface area contributed by atoms with E-state index in [9.17, 15) is 4.79 Å². The van der Waals surface area contributed by atoms with Gasteiger partial charge in [0.15, 0.2) is 0 Å². The number of likely N-dealkylation sites (N-methyl/N-ethyl adjacent to an activating group) is 1. The fraction of sp³-hybridized carbons (Fsp3) is 0.609. The molecule has 1 aromatic carbocycles. The SMILES string of the molecule is CCCCN(C(=O)C1C=C2c3cccc4c3C(CN4)CC2N(C)C1)C(C)C. The summed E-state index contributed by atoms with van der Waals surface area (Å²) in [6.45, 7) is 9.20. The first kappa shape index (κ1) is 18.5. The second-order valence-electron chi connectivity index (χ2n) is 8.74. The summed E-state index contributed by atoms with van der Waals surface area (Å²) in [7, 11) is 2.20. The van der Waals surface area contributed by atoms with Gasteiger partial charge >= 0.3 is 0 Å². The molecule has 0 fully saturated rings. The Labute approximate surface area is 163 Å². The van der Waals surface area contributed by atoms with Crippen LogP contribution in [0, 0.1) is 5.92 Å². The van der Waals surface area contributed by atoms with Gasteiger partial charge in [0.25, 0.3) is 0 Å². The molecule has 0 bridgehead atoms. The highest BCUT2D eigenvalue weighted by Crippen LogP contribution is 2.48. The number of rotatable bonds is 5. The third-order valence-electron chi connectivity index (χ3n) is 6.60. The Morgan fingerprint density at radius 2 is 2.19 bits per heavy atom. The number of anilines is 1. The quantitative estimate of drug-likeness (QED) is 0.856. The predicted molar refractivity (Wildman–Crippen MR) is 112 cm³/mol. The number of nitrogens with zero attached hydrogens (tertiary/aromatic N) is 2. The van der Waals surface area contributed by atoms with Gasteiger partial charge in [0.2, 0.25) is 5.91 Å². The van der Waals surface area contributed by atoms with Crippen LogP contribution >= 0.6 is 0 Å². The predicted octanol–water partition coefficient (Wildman–Crippen LogP) is 3.95. The number of nitrogens with one attached hydrogen (secondary N) is 1. The number of benzene rings is 1. The van der Waals surface area contributed by atoms with Crippen molar-refractivity contribution in [3.05, 3.63) is 35.4 Å². The lowest BCUT2D eigenvalue weighted by Gasteiger charge is -2.43. The molecule has 3 unspecified atom stereocenters. The Kier molecular flexibility index (Phi) is 5.02. The molecule has 0 saturated carbocycles. The lowest BCUT2D eigenvalue weighted by molar-refractivity contribution is -0.136. The van der Waals surface area contributed by atoms with E-state index in [1.54, 1.807) is 0 Å². The molecule has 2 aliphatic heterocycles. The zero-order valence-corrected chi connectivity index (χ0v) is 17.2. The number of amides is 1. The summed E-state index contributed by atoms with van der Waals surface area (Å²) in [6.07, 6.45) is 5.66. The van der Waals surface area contributed by atoms with Gasteiger partial charge in [-0.1, -0.05) is 31.6 Å². The van der Waals surface area contributed by atoms with E-state index in [2.05, 4.69) is 67.2 Å². The van der Waals surface area contributed by atoms with Crippen molar-refractivity contribution in [1.29, 1.82) is 0 Å². The van der Waals surface area contributed by atoms with Gasteiger partial charge in [-0.3, -0.25) is 9.69 Å². The van der Waals surface area contributed by atoms with Crippen LogP contribution in [0.25, 0.3) is 5.57 Å². The van der Waals surface area contributed by atoms with Crippen LogP contribution in [-0.4, -0.2) is 54.5 Å². The molecule has 0 spiro atoms. The third-order valence-corrected chi connectivity index (χ3v) is 6.60. The van der Waals surface area contributed by atoms with Crippen LogP contribution in [0.15, 0.2) is 24.3 Å². The minimum absolute atomic E-state index is 0.0396. The van der Waals surface area contributed by atoms with Crippen LogP contribution in [0.3, 0.4) is 0 Å². The fourth-order valence-electron chi connectivity index (χ4n) is 5.16. The largest absolute Gasteiger partial charge is 0.384 e. The minimum atomic E-state index is -0.0396. The highest BCUT2D eigenvalue weighted by molar-refractivity contribution is 5.87. The summed E-state index contributed by atoms with van der Waals surface area (Å²) in [4.78, 5) is 17.9. The van der Waals surface area contributed by atoms with Gasteiger partial charge in [-0.25, -0.2) is 0 Å². The monoisotopic (exact) mass is 367 g/mol. The van der Waals surface area contributed by atoms with E-state index >= 15 is 0 Å². The molecule has 0 saturated heterocycles. The summed E-state index contributed by atoms with van der Waals surface area (Å²) >= 11 is 0. The zero-order valence-electron chi connectivity index (χ0n) is 17.2. The third kappa shape index (κ3) is 3.18. The summed E-state index contributed by atoms with van der Waals surface area (Å²) in [5.74, 6) is 0.858. The Morgan fingerprint density at radius 3 is 2.93 bits per heavy atom.